The molecular weight excluding hydrogens is 412 g/mol. The van der Waals surface area contributed by atoms with Crippen LogP contribution in [0.25, 0.3) is 16.7 Å². The maximum absolute atomic E-state index is 12.3. The van der Waals surface area contributed by atoms with Crippen molar-refractivity contribution < 1.29 is 14.3 Å². The number of nitrogens with zero attached hydrogens (tertiary/aromatic N) is 2. The minimum Gasteiger partial charge on any atom is -0.497 e. The van der Waals surface area contributed by atoms with Gasteiger partial charge in [-0.25, -0.2) is 4.98 Å². The molecule has 31 heavy (non-hydrogen) atoms. The van der Waals surface area contributed by atoms with Crippen LogP contribution in [0.2, 0.25) is 0 Å². The average molecular weight is 433 g/mol. The monoisotopic (exact) mass is 432 g/mol. The number of aromatic nitrogens is 2. The largest absolute Gasteiger partial charge is 0.497 e. The number of amides is 2. The Labute approximate surface area is 183 Å². The molecular formula is C23H20N4O3S. The number of methoxy groups -OCH3 is 1. The van der Waals surface area contributed by atoms with Crippen LogP contribution in [0.4, 0.5) is 0 Å². The summed E-state index contributed by atoms with van der Waals surface area (Å²) >= 11 is 1.29. The van der Waals surface area contributed by atoms with Gasteiger partial charge in [-0.3, -0.25) is 25.0 Å². The van der Waals surface area contributed by atoms with E-state index in [0.29, 0.717) is 10.7 Å². The molecule has 4 rings (SSSR count). The van der Waals surface area contributed by atoms with Crippen molar-refractivity contribution in [3.63, 3.8) is 0 Å². The highest BCUT2D eigenvalue weighted by Crippen LogP contribution is 2.28. The SMILES string of the molecule is COc1ccc(-n2c(SCC(=O)NNC(=O)c3ccccc3)nc3ccccc32)cc1. The van der Waals surface area contributed by atoms with Crippen molar-refractivity contribution in [2.75, 3.05) is 12.9 Å². The number of fused-ring (bicyclic) bond motifs is 1. The Bertz CT molecular complexity index is 1210. The van der Waals surface area contributed by atoms with E-state index in [1.165, 1.54) is 11.8 Å². The molecule has 0 aliphatic rings. The van der Waals surface area contributed by atoms with Gasteiger partial charge >= 0.3 is 0 Å². The van der Waals surface area contributed by atoms with E-state index in [1.54, 1.807) is 31.4 Å². The molecule has 7 nitrogen and oxygen atoms in total. The van der Waals surface area contributed by atoms with E-state index in [2.05, 4.69) is 15.8 Å². The summed E-state index contributed by atoms with van der Waals surface area (Å²) in [5.41, 5.74) is 8.03. The number of hydrogen-bond acceptors (Lipinski definition) is 5. The molecule has 0 fully saturated rings. The van der Waals surface area contributed by atoms with Gasteiger partial charge in [-0.1, -0.05) is 42.1 Å². The number of thioether (sulfide) groups is 1. The van der Waals surface area contributed by atoms with Gasteiger partial charge < -0.3 is 4.74 Å². The van der Waals surface area contributed by atoms with E-state index < -0.39 is 0 Å². The minimum absolute atomic E-state index is 0.0918. The molecule has 1 heterocycles. The third-order valence-corrected chi connectivity index (χ3v) is 5.48. The first-order valence-electron chi connectivity index (χ1n) is 9.54. The summed E-state index contributed by atoms with van der Waals surface area (Å²) < 4.78 is 7.24. The van der Waals surface area contributed by atoms with Crippen LogP contribution in [0, 0.1) is 0 Å². The third-order valence-electron chi connectivity index (χ3n) is 4.54. The molecule has 2 amide bonds. The predicted molar refractivity (Wildman–Crippen MR) is 120 cm³/mol. The number of carbonyl (C=O) groups is 2. The standard InChI is InChI=1S/C23H20N4O3S/c1-30-18-13-11-17(12-14-18)27-20-10-6-5-9-19(20)24-23(27)31-15-21(28)25-26-22(29)16-7-3-2-4-8-16/h2-14H,15H2,1H3,(H,25,28)(H,26,29). The average Bonchev–Trinajstić information content (AvgIpc) is 3.20. The Balaban J connectivity index is 1.48. The summed E-state index contributed by atoms with van der Waals surface area (Å²) in [6.45, 7) is 0. The quantitative estimate of drug-likeness (QED) is 0.359. The molecule has 0 unspecified atom stereocenters. The summed E-state index contributed by atoms with van der Waals surface area (Å²) in [5, 5.41) is 0.677. The molecule has 0 aliphatic heterocycles. The van der Waals surface area contributed by atoms with E-state index >= 15 is 0 Å². The zero-order chi connectivity index (χ0) is 21.6. The van der Waals surface area contributed by atoms with Gasteiger partial charge in [0.25, 0.3) is 5.91 Å². The smallest absolute Gasteiger partial charge is 0.269 e. The van der Waals surface area contributed by atoms with Crippen molar-refractivity contribution in [2.45, 2.75) is 5.16 Å². The van der Waals surface area contributed by atoms with Crippen molar-refractivity contribution in [1.82, 2.24) is 20.4 Å². The van der Waals surface area contributed by atoms with Crippen molar-refractivity contribution in [1.29, 1.82) is 0 Å². The second-order valence-corrected chi connectivity index (χ2v) is 7.52. The lowest BCUT2D eigenvalue weighted by Gasteiger charge is -2.10. The van der Waals surface area contributed by atoms with Crippen LogP contribution in [0.3, 0.4) is 0 Å². The van der Waals surface area contributed by atoms with E-state index in [-0.39, 0.29) is 17.6 Å². The van der Waals surface area contributed by atoms with Crippen LogP contribution in [-0.2, 0) is 4.79 Å². The Kier molecular flexibility index (Phi) is 6.18. The van der Waals surface area contributed by atoms with E-state index in [9.17, 15) is 9.59 Å². The Hall–Kier alpha value is -3.78. The van der Waals surface area contributed by atoms with Gasteiger partial charge in [-0.05, 0) is 48.5 Å². The Morgan fingerprint density at radius 2 is 1.65 bits per heavy atom. The molecule has 0 spiro atoms. The van der Waals surface area contributed by atoms with Gasteiger partial charge in [0.1, 0.15) is 5.75 Å². The molecule has 0 bridgehead atoms. The first-order chi connectivity index (χ1) is 15.2. The molecule has 156 valence electrons. The topological polar surface area (TPSA) is 85.2 Å². The summed E-state index contributed by atoms with van der Waals surface area (Å²) in [6, 6.07) is 24.1. The second kappa shape index (κ2) is 9.36. The molecule has 4 aromatic rings. The number of rotatable bonds is 6. The lowest BCUT2D eigenvalue weighted by molar-refractivity contribution is -0.119. The lowest BCUT2D eigenvalue weighted by atomic mass is 10.2. The zero-order valence-corrected chi connectivity index (χ0v) is 17.6. The molecule has 1 aromatic heterocycles. The van der Waals surface area contributed by atoms with Crippen LogP contribution in [0.1, 0.15) is 10.4 Å². The predicted octanol–water partition coefficient (Wildman–Crippen LogP) is 3.59. The lowest BCUT2D eigenvalue weighted by Crippen LogP contribution is -2.42. The van der Waals surface area contributed by atoms with E-state index in [1.807, 2.05) is 59.2 Å². The van der Waals surface area contributed by atoms with Gasteiger partial charge in [0, 0.05) is 11.3 Å². The Morgan fingerprint density at radius 3 is 2.39 bits per heavy atom. The maximum Gasteiger partial charge on any atom is 0.269 e. The molecule has 0 aliphatic carbocycles. The first kappa shape index (κ1) is 20.5. The van der Waals surface area contributed by atoms with Gasteiger partial charge in [0.15, 0.2) is 5.16 Å². The highest BCUT2D eigenvalue weighted by atomic mass is 32.2. The summed E-state index contributed by atoms with van der Waals surface area (Å²) in [6.07, 6.45) is 0. The highest BCUT2D eigenvalue weighted by molar-refractivity contribution is 7.99. The zero-order valence-electron chi connectivity index (χ0n) is 16.7. The fraction of sp³-hybridized carbons (Fsp3) is 0.0870. The van der Waals surface area contributed by atoms with Crippen molar-refractivity contribution in [2.24, 2.45) is 0 Å². The molecule has 3 aromatic carbocycles. The van der Waals surface area contributed by atoms with Crippen molar-refractivity contribution in [3.05, 3.63) is 84.4 Å². The third kappa shape index (κ3) is 4.70. The Morgan fingerprint density at radius 1 is 0.935 bits per heavy atom. The fourth-order valence-electron chi connectivity index (χ4n) is 3.04. The summed E-state index contributed by atoms with van der Waals surface area (Å²) in [7, 11) is 1.62. The number of hydrazine groups is 1. The van der Waals surface area contributed by atoms with Crippen molar-refractivity contribution >= 4 is 34.6 Å². The molecule has 2 N–H and O–H groups in total. The number of nitrogens with one attached hydrogen (secondary N) is 2. The summed E-state index contributed by atoms with van der Waals surface area (Å²) in [4.78, 5) is 29.0. The minimum atomic E-state index is -0.371. The van der Waals surface area contributed by atoms with Crippen LogP contribution < -0.4 is 15.6 Å². The van der Waals surface area contributed by atoms with Gasteiger partial charge in [0.05, 0.1) is 23.9 Å². The molecule has 0 saturated heterocycles. The van der Waals surface area contributed by atoms with Gasteiger partial charge in [-0.2, -0.15) is 0 Å². The molecule has 0 atom stereocenters. The van der Waals surface area contributed by atoms with Gasteiger partial charge in [-0.15, -0.1) is 0 Å². The molecule has 0 radical (unpaired) electrons. The van der Waals surface area contributed by atoms with Gasteiger partial charge in [0.2, 0.25) is 5.91 Å². The first-order valence-corrected chi connectivity index (χ1v) is 10.5. The maximum atomic E-state index is 12.3. The number of ether oxygens (including phenoxy) is 1. The van der Waals surface area contributed by atoms with Crippen LogP contribution in [0.5, 0.6) is 5.75 Å². The number of benzene rings is 3. The van der Waals surface area contributed by atoms with Crippen LogP contribution >= 0.6 is 11.8 Å². The van der Waals surface area contributed by atoms with Crippen LogP contribution in [-0.4, -0.2) is 34.2 Å². The number of para-hydroxylation sites is 2. The second-order valence-electron chi connectivity index (χ2n) is 6.57. The molecule has 8 heteroatoms. The number of hydrogen-bond donors (Lipinski definition) is 2. The van der Waals surface area contributed by atoms with Crippen molar-refractivity contribution in [3.8, 4) is 11.4 Å². The fourth-order valence-corrected chi connectivity index (χ4v) is 3.86. The van der Waals surface area contributed by atoms with E-state index in [0.717, 1.165) is 22.5 Å². The number of carbonyl (C=O) groups excluding carboxylic acids is 2. The van der Waals surface area contributed by atoms with E-state index in [4.69, 9.17) is 4.74 Å². The summed E-state index contributed by atoms with van der Waals surface area (Å²) in [5.74, 6) is 0.150. The normalized spacial score (nSPS) is 10.6. The highest BCUT2D eigenvalue weighted by Gasteiger charge is 2.15. The molecule has 0 saturated carbocycles. The number of imidazole rings is 1. The van der Waals surface area contributed by atoms with Crippen LogP contribution in [0.15, 0.2) is 84.0 Å².